The van der Waals surface area contributed by atoms with Gasteiger partial charge in [-0.2, -0.15) is 0 Å². The van der Waals surface area contributed by atoms with Crippen LogP contribution in [0.3, 0.4) is 0 Å². The zero-order valence-electron chi connectivity index (χ0n) is 17.4. The zero-order valence-corrected chi connectivity index (χ0v) is 20.4. The SMILES string of the molecule is CN1C(=O)c2cc(Cl)c3c4c(Cl)cc5c6c(cc(Cl)c(c7c(Cl)cc(c2c37)C1=O)c64)C(=O)NC5=O. The Morgan fingerprint density at radius 2 is 0.829 bits per heavy atom. The molecular formula is C25H8Cl4N2O4. The van der Waals surface area contributed by atoms with Gasteiger partial charge in [-0.1, -0.05) is 46.4 Å². The van der Waals surface area contributed by atoms with Gasteiger partial charge < -0.3 is 0 Å². The van der Waals surface area contributed by atoms with E-state index in [1.54, 1.807) is 0 Å². The second-order valence-electron chi connectivity index (χ2n) is 8.58. The third-order valence-electron chi connectivity index (χ3n) is 6.90. The number of carbonyl (C=O) groups excluding carboxylic acids is 4. The summed E-state index contributed by atoms with van der Waals surface area (Å²) >= 11 is 27.1. The molecule has 170 valence electrons. The van der Waals surface area contributed by atoms with Crippen molar-refractivity contribution >= 4 is 113 Å². The van der Waals surface area contributed by atoms with Gasteiger partial charge in [-0.25, -0.2) is 0 Å². The second kappa shape index (κ2) is 6.53. The Hall–Kier alpha value is -3.16. The highest BCUT2D eigenvalue weighted by atomic mass is 35.5. The van der Waals surface area contributed by atoms with Gasteiger partial charge in [0.05, 0.1) is 11.1 Å². The minimum absolute atomic E-state index is 0.196. The summed E-state index contributed by atoms with van der Waals surface area (Å²) in [6.07, 6.45) is 0. The number of benzene rings is 5. The highest BCUT2D eigenvalue weighted by molar-refractivity contribution is 6.56. The lowest BCUT2D eigenvalue weighted by Crippen LogP contribution is -2.37. The minimum Gasteiger partial charge on any atom is -0.288 e. The molecule has 10 heteroatoms. The summed E-state index contributed by atoms with van der Waals surface area (Å²) in [4.78, 5) is 52.5. The third-order valence-corrected chi connectivity index (χ3v) is 8.10. The van der Waals surface area contributed by atoms with Crippen molar-refractivity contribution in [1.82, 2.24) is 10.2 Å². The summed E-state index contributed by atoms with van der Waals surface area (Å²) < 4.78 is 0. The fourth-order valence-electron chi connectivity index (χ4n) is 5.51. The van der Waals surface area contributed by atoms with E-state index in [1.807, 2.05) is 0 Å². The summed E-state index contributed by atoms with van der Waals surface area (Å²) in [7, 11) is 1.39. The molecule has 5 aromatic carbocycles. The van der Waals surface area contributed by atoms with E-state index in [1.165, 1.54) is 31.3 Å². The molecule has 0 radical (unpaired) electrons. The number of hydrogen-bond acceptors (Lipinski definition) is 4. The van der Waals surface area contributed by atoms with Crippen LogP contribution in [0.1, 0.15) is 41.4 Å². The summed E-state index contributed by atoms with van der Waals surface area (Å²) in [5.74, 6) is -2.17. The molecular weight excluding hydrogens is 534 g/mol. The molecule has 2 aliphatic heterocycles. The van der Waals surface area contributed by atoms with Crippen LogP contribution in [0.4, 0.5) is 0 Å². The summed E-state index contributed by atoms with van der Waals surface area (Å²) in [6.45, 7) is 0. The first-order valence-corrected chi connectivity index (χ1v) is 11.8. The first-order chi connectivity index (χ1) is 16.6. The van der Waals surface area contributed by atoms with Gasteiger partial charge in [-0.15, -0.1) is 0 Å². The number of carbonyl (C=O) groups is 4. The Labute approximate surface area is 215 Å². The van der Waals surface area contributed by atoms with E-state index in [0.717, 1.165) is 4.90 Å². The lowest BCUT2D eigenvalue weighted by molar-refractivity contribution is 0.0649. The van der Waals surface area contributed by atoms with Crippen LogP contribution < -0.4 is 5.32 Å². The van der Waals surface area contributed by atoms with Crippen LogP contribution in [0.15, 0.2) is 24.3 Å². The van der Waals surface area contributed by atoms with Crippen LogP contribution in [-0.4, -0.2) is 35.6 Å². The lowest BCUT2D eigenvalue weighted by atomic mass is 9.82. The van der Waals surface area contributed by atoms with Crippen molar-refractivity contribution in [3.05, 3.63) is 66.6 Å². The Morgan fingerprint density at radius 3 is 1.20 bits per heavy atom. The number of fused-ring (bicyclic) bond motifs is 2. The minimum atomic E-state index is -0.586. The van der Waals surface area contributed by atoms with Crippen LogP contribution >= 0.6 is 46.4 Å². The number of nitrogens with one attached hydrogen (secondary N) is 1. The molecule has 4 amide bonds. The van der Waals surface area contributed by atoms with E-state index in [0.29, 0.717) is 43.1 Å². The standard InChI is InChI=1S/C25H8Cl4N2O4/c1-31-24(34)8-4-12(28)18-16-10(26)2-6-14-7(23(33)30-22(6)32)3-11(27)17(20(14)16)19-13(29)5-9(25(31)35)15(8)21(18)19/h2-5H,1H3,(H,30,32,33). The Bertz CT molecular complexity index is 1830. The number of imide groups is 2. The Balaban J connectivity index is 1.91. The molecule has 1 N–H and O–H groups in total. The molecule has 6 nitrogen and oxygen atoms in total. The quantitative estimate of drug-likeness (QED) is 0.138. The molecule has 0 unspecified atom stereocenters. The van der Waals surface area contributed by atoms with Crippen LogP contribution in [0.5, 0.6) is 0 Å². The number of amides is 4. The average molecular weight is 542 g/mol. The fraction of sp³-hybridized carbons (Fsp3) is 0.0400. The second-order valence-corrected chi connectivity index (χ2v) is 10.2. The van der Waals surface area contributed by atoms with Gasteiger partial charge in [0.25, 0.3) is 23.6 Å². The largest absolute Gasteiger partial charge is 0.288 e. The van der Waals surface area contributed by atoms with Gasteiger partial charge in [0, 0.05) is 81.4 Å². The van der Waals surface area contributed by atoms with E-state index in [9.17, 15) is 19.2 Å². The van der Waals surface area contributed by atoms with E-state index in [-0.39, 0.29) is 42.3 Å². The predicted molar refractivity (Wildman–Crippen MR) is 136 cm³/mol. The number of halogens is 4. The van der Waals surface area contributed by atoms with Crippen LogP contribution in [-0.2, 0) is 0 Å². The monoisotopic (exact) mass is 540 g/mol. The van der Waals surface area contributed by atoms with Crippen molar-refractivity contribution in [3.63, 3.8) is 0 Å². The normalized spacial score (nSPS) is 15.4. The Morgan fingerprint density at radius 1 is 0.514 bits per heavy atom. The van der Waals surface area contributed by atoms with Crippen molar-refractivity contribution in [2.75, 3.05) is 7.05 Å². The van der Waals surface area contributed by atoms with Crippen molar-refractivity contribution in [1.29, 1.82) is 0 Å². The first kappa shape index (κ1) is 21.1. The highest BCUT2D eigenvalue weighted by Crippen LogP contribution is 2.53. The number of nitrogens with zero attached hydrogens (tertiary/aromatic N) is 1. The smallest absolute Gasteiger partial charge is 0.261 e. The van der Waals surface area contributed by atoms with E-state index < -0.39 is 23.6 Å². The topological polar surface area (TPSA) is 83.6 Å². The molecule has 0 spiro atoms. The summed E-state index contributed by atoms with van der Waals surface area (Å²) in [5, 5.41) is 6.61. The molecule has 0 atom stereocenters. The summed E-state index contributed by atoms with van der Waals surface area (Å²) in [5.41, 5.74) is 0.934. The van der Waals surface area contributed by atoms with Gasteiger partial charge in [0.15, 0.2) is 0 Å². The molecule has 0 aliphatic carbocycles. The van der Waals surface area contributed by atoms with Crippen LogP contribution in [0.2, 0.25) is 20.1 Å². The van der Waals surface area contributed by atoms with Gasteiger partial charge in [-0.3, -0.25) is 29.4 Å². The van der Waals surface area contributed by atoms with Gasteiger partial charge >= 0.3 is 0 Å². The van der Waals surface area contributed by atoms with Crippen molar-refractivity contribution in [2.45, 2.75) is 0 Å². The number of hydrogen-bond donors (Lipinski definition) is 1. The molecule has 7 rings (SSSR count). The van der Waals surface area contributed by atoms with Gasteiger partial charge in [-0.05, 0) is 24.3 Å². The Kier molecular flexibility index (Phi) is 3.95. The number of rotatable bonds is 0. The fourth-order valence-corrected chi connectivity index (χ4v) is 6.70. The van der Waals surface area contributed by atoms with Crippen molar-refractivity contribution in [2.24, 2.45) is 0 Å². The van der Waals surface area contributed by atoms with E-state index in [4.69, 9.17) is 46.4 Å². The molecule has 0 saturated carbocycles. The molecule has 5 aromatic rings. The highest BCUT2D eigenvalue weighted by Gasteiger charge is 2.36. The molecule has 0 saturated heterocycles. The molecule has 0 aromatic heterocycles. The first-order valence-electron chi connectivity index (χ1n) is 10.3. The van der Waals surface area contributed by atoms with Crippen molar-refractivity contribution in [3.8, 4) is 0 Å². The predicted octanol–water partition coefficient (Wildman–Crippen LogP) is 6.46. The average Bonchev–Trinajstić information content (AvgIpc) is 2.81. The molecule has 2 heterocycles. The molecule has 35 heavy (non-hydrogen) atoms. The maximum atomic E-state index is 13.0. The lowest BCUT2D eigenvalue weighted by Gasteiger charge is -2.28. The summed E-state index contributed by atoms with van der Waals surface area (Å²) in [6, 6.07) is 5.96. The van der Waals surface area contributed by atoms with E-state index >= 15 is 0 Å². The van der Waals surface area contributed by atoms with Crippen molar-refractivity contribution < 1.29 is 19.2 Å². The molecule has 0 bridgehead atoms. The van der Waals surface area contributed by atoms with Gasteiger partial charge in [0.2, 0.25) is 0 Å². The molecule has 0 fully saturated rings. The van der Waals surface area contributed by atoms with Gasteiger partial charge in [0.1, 0.15) is 0 Å². The maximum absolute atomic E-state index is 13.0. The van der Waals surface area contributed by atoms with Crippen LogP contribution in [0.25, 0.3) is 43.1 Å². The van der Waals surface area contributed by atoms with Crippen LogP contribution in [0, 0.1) is 0 Å². The third kappa shape index (κ3) is 2.33. The maximum Gasteiger partial charge on any atom is 0.261 e. The molecule has 2 aliphatic rings. The van der Waals surface area contributed by atoms with E-state index in [2.05, 4.69) is 5.32 Å². The zero-order chi connectivity index (χ0) is 24.7.